The van der Waals surface area contributed by atoms with Crippen molar-refractivity contribution < 1.29 is 31.4 Å². The molecule has 3 aromatic rings. The molecule has 0 bridgehead atoms. The molecule has 3 atom stereocenters. The molecule has 3 aliphatic rings. The van der Waals surface area contributed by atoms with Crippen LogP contribution in [-0.4, -0.2) is 43.4 Å². The molecule has 9 heteroatoms. The Labute approximate surface area is 255 Å². The first-order valence-electron chi connectivity index (χ1n) is 15.6. The zero-order chi connectivity index (χ0) is 30.7. The topological polar surface area (TPSA) is 33.7 Å². The number of benzene rings is 3. The first kappa shape index (κ1) is 30.8. The molecule has 2 fully saturated rings. The average Bonchev–Trinajstić information content (AvgIpc) is 3.21. The molecule has 2 aliphatic heterocycles. The molecule has 1 aliphatic carbocycles. The smallest absolute Gasteiger partial charge is 0.401 e. The van der Waals surface area contributed by atoms with E-state index in [0.717, 1.165) is 80.6 Å². The molecule has 2 heterocycles. The van der Waals surface area contributed by atoms with Crippen molar-refractivity contribution in [1.29, 1.82) is 0 Å². The lowest BCUT2D eigenvalue weighted by atomic mass is 9.68. The molecule has 3 aromatic carbocycles. The molecule has 3 unspecified atom stereocenters. The number of ether oxygens (including phenoxy) is 2. The lowest BCUT2D eigenvalue weighted by Gasteiger charge is -2.40. The number of hydrogen-bond acceptors (Lipinski definition) is 4. The highest BCUT2D eigenvalue weighted by molar-refractivity contribution is 5.46. The van der Waals surface area contributed by atoms with Gasteiger partial charge in [0.2, 0.25) is 0 Å². The highest BCUT2D eigenvalue weighted by Crippen LogP contribution is 2.46. The van der Waals surface area contributed by atoms with Crippen molar-refractivity contribution in [2.75, 3.05) is 26.2 Å². The largest absolute Gasteiger partial charge is 0.490 e. The molecule has 1 saturated carbocycles. The SMILES string of the molecule is Fc1cc(OC2CCCC3(CCCNCC3)C2)cc(F)c1C1c2ccc(OCc3ccccc3)cc2CCN1CC(F)(F)F. The summed E-state index contributed by atoms with van der Waals surface area (Å²) in [7, 11) is 0. The molecule has 0 amide bonds. The number of fused-ring (bicyclic) bond motifs is 1. The van der Waals surface area contributed by atoms with Gasteiger partial charge < -0.3 is 14.8 Å². The van der Waals surface area contributed by atoms with Crippen molar-refractivity contribution in [2.24, 2.45) is 5.41 Å². The van der Waals surface area contributed by atoms with Crippen LogP contribution in [0.4, 0.5) is 22.0 Å². The summed E-state index contributed by atoms with van der Waals surface area (Å²) >= 11 is 0. The number of nitrogens with one attached hydrogen (secondary N) is 1. The Balaban J connectivity index is 1.25. The van der Waals surface area contributed by atoms with Crippen molar-refractivity contribution in [3.05, 3.63) is 94.6 Å². The Morgan fingerprint density at radius 1 is 0.886 bits per heavy atom. The zero-order valence-electron chi connectivity index (χ0n) is 24.8. The molecule has 236 valence electrons. The maximum atomic E-state index is 15.9. The highest BCUT2D eigenvalue weighted by Gasteiger charge is 2.41. The summed E-state index contributed by atoms with van der Waals surface area (Å²) in [6, 6.07) is 15.7. The van der Waals surface area contributed by atoms with Crippen molar-refractivity contribution in [1.82, 2.24) is 10.2 Å². The predicted octanol–water partition coefficient (Wildman–Crippen LogP) is 8.13. The number of alkyl halides is 3. The van der Waals surface area contributed by atoms with E-state index >= 15 is 8.78 Å². The lowest BCUT2D eigenvalue weighted by molar-refractivity contribution is -0.150. The fourth-order valence-electron chi connectivity index (χ4n) is 7.45. The number of halogens is 5. The van der Waals surface area contributed by atoms with Gasteiger partial charge in [-0.25, -0.2) is 8.78 Å². The molecule has 44 heavy (non-hydrogen) atoms. The van der Waals surface area contributed by atoms with Crippen LogP contribution in [0, 0.1) is 17.0 Å². The standard InChI is InChI=1S/C35H39F5N2O2/c36-30-19-28(44-27-8-4-12-34(21-27)13-5-15-41-16-14-34)20-31(37)32(30)33-29-10-9-26(43-22-24-6-2-1-3-7-24)18-25(29)11-17-42(33)23-35(38,39)40/h1-3,6-7,9-10,18-20,27,33,41H,4-5,8,11-17,21-23H2. The quantitative estimate of drug-likeness (QED) is 0.273. The van der Waals surface area contributed by atoms with E-state index in [-0.39, 0.29) is 23.8 Å². The van der Waals surface area contributed by atoms with Crippen LogP contribution in [-0.2, 0) is 13.0 Å². The summed E-state index contributed by atoms with van der Waals surface area (Å²) in [6.45, 7) is 1.01. The Kier molecular flexibility index (Phi) is 9.15. The van der Waals surface area contributed by atoms with E-state index in [2.05, 4.69) is 5.32 Å². The fraction of sp³-hybridized carbons (Fsp3) is 0.486. The molecule has 4 nitrogen and oxygen atoms in total. The first-order chi connectivity index (χ1) is 21.2. The number of nitrogens with zero attached hydrogens (tertiary/aromatic N) is 1. The minimum atomic E-state index is -4.53. The van der Waals surface area contributed by atoms with Crippen LogP contribution in [0.1, 0.15) is 73.2 Å². The van der Waals surface area contributed by atoms with Crippen LogP contribution in [0.2, 0.25) is 0 Å². The van der Waals surface area contributed by atoms with E-state index < -0.39 is 36.0 Å². The van der Waals surface area contributed by atoms with Crippen LogP contribution in [0.15, 0.2) is 60.7 Å². The van der Waals surface area contributed by atoms with Gasteiger partial charge in [-0.05, 0) is 98.7 Å². The van der Waals surface area contributed by atoms with Gasteiger partial charge >= 0.3 is 6.18 Å². The van der Waals surface area contributed by atoms with E-state index in [1.54, 1.807) is 18.2 Å². The predicted molar refractivity (Wildman–Crippen MR) is 159 cm³/mol. The van der Waals surface area contributed by atoms with Crippen molar-refractivity contribution in [2.45, 2.75) is 76.3 Å². The monoisotopic (exact) mass is 614 g/mol. The van der Waals surface area contributed by atoms with Gasteiger partial charge in [-0.3, -0.25) is 4.90 Å². The van der Waals surface area contributed by atoms with Crippen molar-refractivity contribution in [3.63, 3.8) is 0 Å². The van der Waals surface area contributed by atoms with Crippen molar-refractivity contribution in [3.8, 4) is 11.5 Å². The van der Waals surface area contributed by atoms with Gasteiger partial charge in [-0.2, -0.15) is 13.2 Å². The van der Waals surface area contributed by atoms with E-state index in [1.165, 1.54) is 0 Å². The maximum absolute atomic E-state index is 15.9. The second kappa shape index (κ2) is 13.1. The second-order valence-corrected chi connectivity index (χ2v) is 12.6. The Morgan fingerprint density at radius 3 is 2.43 bits per heavy atom. The van der Waals surface area contributed by atoms with Gasteiger partial charge in [-0.15, -0.1) is 0 Å². The number of hydrogen-bond donors (Lipinski definition) is 1. The molecule has 1 saturated heterocycles. The summed E-state index contributed by atoms with van der Waals surface area (Å²) in [5.74, 6) is -1.17. The molecular formula is C35H39F5N2O2. The molecule has 0 aromatic heterocycles. The number of rotatable bonds is 7. The van der Waals surface area contributed by atoms with Gasteiger partial charge in [0.25, 0.3) is 0 Å². The third-order valence-corrected chi connectivity index (χ3v) is 9.49. The van der Waals surface area contributed by atoms with Crippen LogP contribution in [0.25, 0.3) is 0 Å². The zero-order valence-corrected chi connectivity index (χ0v) is 24.8. The van der Waals surface area contributed by atoms with Gasteiger partial charge in [0, 0.05) is 24.2 Å². The van der Waals surface area contributed by atoms with Crippen molar-refractivity contribution >= 4 is 0 Å². The summed E-state index contributed by atoms with van der Waals surface area (Å²) < 4.78 is 84.8. The Morgan fingerprint density at radius 2 is 1.66 bits per heavy atom. The molecule has 1 N–H and O–H groups in total. The van der Waals surface area contributed by atoms with E-state index in [0.29, 0.717) is 29.9 Å². The first-order valence-corrected chi connectivity index (χ1v) is 15.6. The average molecular weight is 615 g/mol. The third kappa shape index (κ3) is 7.20. The van der Waals surface area contributed by atoms with Gasteiger partial charge in [0.1, 0.15) is 29.7 Å². The van der Waals surface area contributed by atoms with Crippen LogP contribution in [0.3, 0.4) is 0 Å². The summed E-state index contributed by atoms with van der Waals surface area (Å²) in [6.07, 6.45) is 2.65. The van der Waals surface area contributed by atoms with E-state index in [4.69, 9.17) is 9.47 Å². The molecule has 1 spiro atoms. The molecule has 0 radical (unpaired) electrons. The van der Waals surface area contributed by atoms with Gasteiger partial charge in [0.05, 0.1) is 18.7 Å². The third-order valence-electron chi connectivity index (χ3n) is 9.49. The minimum Gasteiger partial charge on any atom is -0.490 e. The second-order valence-electron chi connectivity index (χ2n) is 12.6. The van der Waals surface area contributed by atoms with Crippen LogP contribution in [0.5, 0.6) is 11.5 Å². The molecule has 6 rings (SSSR count). The summed E-state index contributed by atoms with van der Waals surface area (Å²) in [5.41, 5.74) is 1.91. The minimum absolute atomic E-state index is 0.00450. The maximum Gasteiger partial charge on any atom is 0.401 e. The Hall–Kier alpha value is -3.17. The van der Waals surface area contributed by atoms with E-state index in [1.807, 2.05) is 30.3 Å². The molecular weight excluding hydrogens is 575 g/mol. The Bertz CT molecular complexity index is 1400. The highest BCUT2D eigenvalue weighted by atomic mass is 19.4. The fourth-order valence-corrected chi connectivity index (χ4v) is 7.45. The lowest BCUT2D eigenvalue weighted by Crippen LogP contribution is -2.42. The van der Waals surface area contributed by atoms with Crippen LogP contribution >= 0.6 is 0 Å². The van der Waals surface area contributed by atoms with Crippen LogP contribution < -0.4 is 14.8 Å². The van der Waals surface area contributed by atoms with E-state index in [9.17, 15) is 13.2 Å². The van der Waals surface area contributed by atoms with Gasteiger partial charge in [0.15, 0.2) is 0 Å². The normalized spacial score (nSPS) is 24.5. The summed E-state index contributed by atoms with van der Waals surface area (Å²) in [5, 5.41) is 3.46. The summed E-state index contributed by atoms with van der Waals surface area (Å²) in [4.78, 5) is 1.11. The van der Waals surface area contributed by atoms with Gasteiger partial charge in [-0.1, -0.05) is 36.4 Å².